The fourth-order valence-electron chi connectivity index (χ4n) is 0.604. The zero-order valence-electron chi connectivity index (χ0n) is 5.18. The Morgan fingerprint density at radius 1 is 1.60 bits per heavy atom. The van der Waals surface area contributed by atoms with E-state index in [0.29, 0.717) is 5.88 Å². The predicted octanol–water partition coefficient (Wildman–Crippen LogP) is 2.64. The molecule has 2 N–H and O–H groups in total. The van der Waals surface area contributed by atoms with Crippen molar-refractivity contribution in [1.29, 1.82) is 0 Å². The molecule has 56 valence electrons. The summed E-state index contributed by atoms with van der Waals surface area (Å²) in [6.45, 7) is 0. The van der Waals surface area contributed by atoms with Gasteiger partial charge < -0.3 is 5.73 Å². The lowest BCUT2D eigenvalue weighted by Gasteiger charge is -2.01. The average Bonchev–Trinajstić information content (AvgIpc) is 2.34. The summed E-state index contributed by atoms with van der Waals surface area (Å²) in [5.41, 5.74) is 5.63. The van der Waals surface area contributed by atoms with Gasteiger partial charge in [-0.25, -0.2) is 0 Å². The van der Waals surface area contributed by atoms with Crippen molar-refractivity contribution in [1.82, 2.24) is 0 Å². The monoisotopic (exact) mass is 195 g/mol. The average molecular weight is 196 g/mol. The van der Waals surface area contributed by atoms with Crippen LogP contribution in [0.2, 0.25) is 4.34 Å². The van der Waals surface area contributed by atoms with Crippen molar-refractivity contribution in [3.63, 3.8) is 0 Å². The van der Waals surface area contributed by atoms with Crippen molar-refractivity contribution in [3.05, 3.63) is 21.3 Å². The molecule has 0 amide bonds. The third kappa shape index (κ3) is 1.86. The van der Waals surface area contributed by atoms with Crippen LogP contribution in [0.1, 0.15) is 10.9 Å². The van der Waals surface area contributed by atoms with E-state index in [1.165, 1.54) is 11.3 Å². The molecule has 0 bridgehead atoms. The van der Waals surface area contributed by atoms with Gasteiger partial charge in [-0.1, -0.05) is 11.6 Å². The fraction of sp³-hybridized carbons (Fsp3) is 0.333. The molecule has 0 radical (unpaired) electrons. The van der Waals surface area contributed by atoms with Gasteiger partial charge in [0, 0.05) is 10.8 Å². The summed E-state index contributed by atoms with van der Waals surface area (Å²) in [5, 5.41) is 0. The molecule has 1 rings (SSSR count). The number of rotatable bonds is 2. The van der Waals surface area contributed by atoms with Crippen LogP contribution in [-0.4, -0.2) is 5.88 Å². The van der Waals surface area contributed by atoms with Gasteiger partial charge in [-0.05, 0) is 12.1 Å². The molecule has 1 heterocycles. The number of nitrogens with two attached hydrogens (primary N) is 1. The first-order valence-electron chi connectivity index (χ1n) is 2.81. The normalized spacial score (nSPS) is 13.5. The molecule has 1 aromatic heterocycles. The largest absolute Gasteiger partial charge is 0.322 e. The van der Waals surface area contributed by atoms with Crippen molar-refractivity contribution in [3.8, 4) is 0 Å². The fourth-order valence-corrected chi connectivity index (χ4v) is 1.92. The van der Waals surface area contributed by atoms with Gasteiger partial charge in [0.1, 0.15) is 0 Å². The molecule has 0 aliphatic carbocycles. The maximum absolute atomic E-state index is 5.68. The summed E-state index contributed by atoms with van der Waals surface area (Å²) < 4.78 is 0.760. The van der Waals surface area contributed by atoms with Crippen LogP contribution in [0.5, 0.6) is 0 Å². The zero-order chi connectivity index (χ0) is 7.56. The lowest BCUT2D eigenvalue weighted by Crippen LogP contribution is -2.09. The summed E-state index contributed by atoms with van der Waals surface area (Å²) in [5.74, 6) is 0.441. The Kier molecular flexibility index (Phi) is 2.98. The highest BCUT2D eigenvalue weighted by Crippen LogP contribution is 2.25. The second kappa shape index (κ2) is 3.58. The lowest BCUT2D eigenvalue weighted by atomic mass is 10.3. The number of thiophene rings is 1. The molecular formula is C6H7Cl2NS. The highest BCUT2D eigenvalue weighted by atomic mass is 35.5. The van der Waals surface area contributed by atoms with Crippen molar-refractivity contribution >= 4 is 34.5 Å². The molecule has 10 heavy (non-hydrogen) atoms. The molecule has 1 unspecified atom stereocenters. The molecule has 0 spiro atoms. The lowest BCUT2D eigenvalue weighted by molar-refractivity contribution is 0.847. The first kappa shape index (κ1) is 8.34. The number of hydrogen-bond acceptors (Lipinski definition) is 2. The van der Waals surface area contributed by atoms with Gasteiger partial charge in [0.2, 0.25) is 0 Å². The van der Waals surface area contributed by atoms with E-state index in [0.717, 1.165) is 9.21 Å². The maximum Gasteiger partial charge on any atom is 0.0931 e. The second-order valence-corrected chi connectivity index (χ2v) is 3.96. The second-order valence-electron chi connectivity index (χ2n) is 1.90. The highest BCUT2D eigenvalue weighted by molar-refractivity contribution is 7.16. The first-order chi connectivity index (χ1) is 4.74. The Morgan fingerprint density at radius 2 is 2.30 bits per heavy atom. The van der Waals surface area contributed by atoms with Crippen molar-refractivity contribution in [2.24, 2.45) is 5.73 Å². The van der Waals surface area contributed by atoms with Gasteiger partial charge in [-0.15, -0.1) is 22.9 Å². The predicted molar refractivity (Wildman–Crippen MR) is 47.0 cm³/mol. The van der Waals surface area contributed by atoms with Gasteiger partial charge in [-0.3, -0.25) is 0 Å². The third-order valence-electron chi connectivity index (χ3n) is 1.13. The summed E-state index contributed by atoms with van der Waals surface area (Å²) in [7, 11) is 0. The van der Waals surface area contributed by atoms with Gasteiger partial charge in [0.15, 0.2) is 0 Å². The Bertz CT molecular complexity index is 211. The maximum atomic E-state index is 5.68. The zero-order valence-corrected chi connectivity index (χ0v) is 7.51. The van der Waals surface area contributed by atoms with E-state index >= 15 is 0 Å². The van der Waals surface area contributed by atoms with Crippen LogP contribution in [0.3, 0.4) is 0 Å². The number of halogens is 2. The Hall–Kier alpha value is 0.240. The van der Waals surface area contributed by atoms with Crippen molar-refractivity contribution in [2.75, 3.05) is 5.88 Å². The number of alkyl halides is 1. The van der Waals surface area contributed by atoms with Gasteiger partial charge >= 0.3 is 0 Å². The van der Waals surface area contributed by atoms with Crippen LogP contribution in [-0.2, 0) is 0 Å². The van der Waals surface area contributed by atoms with E-state index in [4.69, 9.17) is 28.9 Å². The summed E-state index contributed by atoms with van der Waals surface area (Å²) in [4.78, 5) is 1.04. The van der Waals surface area contributed by atoms with Gasteiger partial charge in [-0.2, -0.15) is 0 Å². The summed E-state index contributed by atoms with van der Waals surface area (Å²) in [6.07, 6.45) is 0. The summed E-state index contributed by atoms with van der Waals surface area (Å²) in [6, 6.07) is 3.66. The Morgan fingerprint density at radius 3 is 2.70 bits per heavy atom. The molecule has 4 heteroatoms. The molecular weight excluding hydrogens is 189 g/mol. The molecule has 0 saturated carbocycles. The minimum Gasteiger partial charge on any atom is -0.322 e. The number of hydrogen-bond donors (Lipinski definition) is 1. The van der Waals surface area contributed by atoms with Crippen LogP contribution < -0.4 is 5.73 Å². The molecule has 1 atom stereocenters. The topological polar surface area (TPSA) is 26.0 Å². The minimum atomic E-state index is -0.0702. The van der Waals surface area contributed by atoms with E-state index in [2.05, 4.69) is 0 Å². The van der Waals surface area contributed by atoms with E-state index in [-0.39, 0.29) is 6.04 Å². The van der Waals surface area contributed by atoms with Gasteiger partial charge in [0.05, 0.1) is 10.4 Å². The minimum absolute atomic E-state index is 0.0702. The Labute approximate surface area is 73.7 Å². The van der Waals surface area contributed by atoms with Crippen molar-refractivity contribution in [2.45, 2.75) is 6.04 Å². The van der Waals surface area contributed by atoms with Gasteiger partial charge in [0.25, 0.3) is 0 Å². The van der Waals surface area contributed by atoms with E-state index in [9.17, 15) is 0 Å². The van der Waals surface area contributed by atoms with E-state index in [1.807, 2.05) is 12.1 Å². The van der Waals surface area contributed by atoms with E-state index < -0.39 is 0 Å². The Balaban J connectivity index is 2.74. The molecule has 0 aliphatic heterocycles. The molecule has 1 nitrogen and oxygen atoms in total. The molecule has 1 aromatic rings. The molecule has 0 saturated heterocycles. The molecule has 0 aliphatic rings. The molecule has 0 aromatic carbocycles. The first-order valence-corrected chi connectivity index (χ1v) is 4.53. The molecule has 0 fully saturated rings. The van der Waals surface area contributed by atoms with Crippen LogP contribution in [0.4, 0.5) is 0 Å². The van der Waals surface area contributed by atoms with Crippen LogP contribution in [0.15, 0.2) is 12.1 Å². The van der Waals surface area contributed by atoms with Crippen molar-refractivity contribution < 1.29 is 0 Å². The van der Waals surface area contributed by atoms with Crippen LogP contribution >= 0.6 is 34.5 Å². The SMILES string of the molecule is NC(CCl)c1ccc(Cl)s1. The van der Waals surface area contributed by atoms with Crippen LogP contribution in [0, 0.1) is 0 Å². The standard InChI is InChI=1S/C6H7Cl2NS/c7-3-4(9)5-1-2-6(8)10-5/h1-2,4H,3,9H2. The smallest absolute Gasteiger partial charge is 0.0931 e. The summed E-state index contributed by atoms with van der Waals surface area (Å²) >= 11 is 12.7. The van der Waals surface area contributed by atoms with E-state index in [1.54, 1.807) is 0 Å². The quantitative estimate of drug-likeness (QED) is 0.723. The highest BCUT2D eigenvalue weighted by Gasteiger charge is 2.05. The van der Waals surface area contributed by atoms with Crippen LogP contribution in [0.25, 0.3) is 0 Å². The third-order valence-corrected chi connectivity index (χ3v) is 2.82.